The highest BCUT2D eigenvalue weighted by molar-refractivity contribution is 5.83. The van der Waals surface area contributed by atoms with Crippen molar-refractivity contribution in [1.82, 2.24) is 0 Å². The van der Waals surface area contributed by atoms with E-state index < -0.39 is 36.5 Å². The molecule has 212 valence electrons. The molecule has 0 saturated carbocycles. The van der Waals surface area contributed by atoms with Gasteiger partial charge in [-0.05, 0) is 61.2 Å². The van der Waals surface area contributed by atoms with Gasteiger partial charge in [-0.15, -0.1) is 0 Å². The summed E-state index contributed by atoms with van der Waals surface area (Å²) in [5, 5.41) is 41.8. The van der Waals surface area contributed by atoms with E-state index in [1.165, 1.54) is 12.2 Å². The van der Waals surface area contributed by atoms with E-state index >= 15 is 0 Å². The van der Waals surface area contributed by atoms with Crippen molar-refractivity contribution in [3.8, 4) is 0 Å². The molecule has 2 rings (SSSR count). The minimum atomic E-state index is -1.51. The van der Waals surface area contributed by atoms with Crippen molar-refractivity contribution in [2.75, 3.05) is 0 Å². The Bertz CT molecular complexity index is 946. The molecule has 1 saturated heterocycles. The molecule has 0 radical (unpaired) electrons. The molecular formula is C31H46O7. The first-order chi connectivity index (χ1) is 17.9. The van der Waals surface area contributed by atoms with Crippen LogP contribution in [0.2, 0.25) is 0 Å². The number of ether oxygens (including phenoxy) is 2. The van der Waals surface area contributed by atoms with Crippen LogP contribution in [0.3, 0.4) is 0 Å². The fraction of sp³-hybridized carbons (Fsp3) is 0.581. The molecule has 1 fully saturated rings. The van der Waals surface area contributed by atoms with Crippen LogP contribution in [0.1, 0.15) is 59.8 Å². The Kier molecular flexibility index (Phi) is 12.4. The van der Waals surface area contributed by atoms with E-state index in [0.717, 1.165) is 18.4 Å². The predicted octanol–water partition coefficient (Wildman–Crippen LogP) is 4.09. The summed E-state index contributed by atoms with van der Waals surface area (Å²) >= 11 is 0. The molecule has 0 aromatic rings. The van der Waals surface area contributed by atoms with E-state index in [-0.39, 0.29) is 30.1 Å². The van der Waals surface area contributed by atoms with Gasteiger partial charge in [0.05, 0.1) is 6.10 Å². The van der Waals surface area contributed by atoms with Crippen LogP contribution in [0.25, 0.3) is 0 Å². The van der Waals surface area contributed by atoms with E-state index in [1.807, 2.05) is 6.92 Å². The number of esters is 1. The number of aliphatic hydroxyl groups excluding tert-OH is 4. The van der Waals surface area contributed by atoms with Gasteiger partial charge in [-0.25, -0.2) is 4.79 Å². The topological polar surface area (TPSA) is 120 Å². The molecule has 2 aliphatic heterocycles. The fourth-order valence-electron chi connectivity index (χ4n) is 4.86. The maximum absolute atomic E-state index is 12.8. The molecule has 0 aliphatic carbocycles. The predicted molar refractivity (Wildman–Crippen MR) is 149 cm³/mol. The van der Waals surface area contributed by atoms with Crippen molar-refractivity contribution >= 4 is 5.97 Å². The van der Waals surface area contributed by atoms with E-state index in [2.05, 4.69) is 33.6 Å². The molecule has 0 bridgehead atoms. The Morgan fingerprint density at radius 3 is 2.37 bits per heavy atom. The number of allylic oxidation sites excluding steroid dienone is 5. The number of hydrogen-bond donors (Lipinski definition) is 4. The molecule has 0 amide bonds. The number of carbonyl (C=O) groups excluding carboxylic acids is 1. The second-order valence-corrected chi connectivity index (χ2v) is 10.8. The van der Waals surface area contributed by atoms with Crippen LogP contribution in [0, 0.1) is 11.8 Å². The maximum atomic E-state index is 12.8. The van der Waals surface area contributed by atoms with E-state index in [1.54, 1.807) is 25.2 Å². The molecule has 2 aliphatic rings. The Hall–Kier alpha value is -2.29. The van der Waals surface area contributed by atoms with Gasteiger partial charge < -0.3 is 29.9 Å². The van der Waals surface area contributed by atoms with E-state index in [0.29, 0.717) is 29.9 Å². The van der Waals surface area contributed by atoms with Crippen molar-refractivity contribution in [3.05, 3.63) is 72.4 Å². The Labute approximate surface area is 227 Å². The average Bonchev–Trinajstić information content (AvgIpc) is 3.65. The van der Waals surface area contributed by atoms with Crippen LogP contribution in [0.15, 0.2) is 72.4 Å². The summed E-state index contributed by atoms with van der Waals surface area (Å²) in [4.78, 5) is 12.8. The SMILES string of the molecule is C=C1C/C=C/[C@H](O)[C@@H](O)C(=C)[C@H](O)[C@@H](O)C(=C)C/C=C/C(C)=C/C(=O)O[C@@H]([C@H]2O[C@H]2[C@@H](C)CCC)[C@@H](C)C1. The number of hydrogen-bond acceptors (Lipinski definition) is 7. The molecule has 0 spiro atoms. The van der Waals surface area contributed by atoms with Gasteiger partial charge in [0.25, 0.3) is 0 Å². The van der Waals surface area contributed by atoms with Gasteiger partial charge in [0.15, 0.2) is 0 Å². The molecule has 7 nitrogen and oxygen atoms in total. The first kappa shape index (κ1) is 31.9. The van der Waals surface area contributed by atoms with Gasteiger partial charge >= 0.3 is 5.97 Å². The first-order valence-electron chi connectivity index (χ1n) is 13.5. The number of epoxide rings is 1. The maximum Gasteiger partial charge on any atom is 0.331 e. The number of cyclic esters (lactones) is 1. The molecule has 9 atom stereocenters. The normalized spacial score (nSPS) is 38.5. The zero-order valence-corrected chi connectivity index (χ0v) is 23.3. The van der Waals surface area contributed by atoms with Crippen LogP contribution < -0.4 is 0 Å². The van der Waals surface area contributed by atoms with E-state index in [4.69, 9.17) is 9.47 Å². The second kappa shape index (κ2) is 14.8. The summed E-state index contributed by atoms with van der Waals surface area (Å²) in [7, 11) is 0. The zero-order valence-electron chi connectivity index (χ0n) is 23.3. The Morgan fingerprint density at radius 1 is 1.03 bits per heavy atom. The molecular weight excluding hydrogens is 484 g/mol. The third-order valence-electron chi connectivity index (χ3n) is 7.26. The van der Waals surface area contributed by atoms with Crippen LogP contribution in [0.5, 0.6) is 0 Å². The summed E-state index contributed by atoms with van der Waals surface area (Å²) in [6.45, 7) is 19.7. The van der Waals surface area contributed by atoms with Crippen LogP contribution >= 0.6 is 0 Å². The van der Waals surface area contributed by atoms with Crippen molar-refractivity contribution < 1.29 is 34.7 Å². The van der Waals surface area contributed by atoms with Gasteiger partial charge in [-0.1, -0.05) is 76.8 Å². The third-order valence-corrected chi connectivity index (χ3v) is 7.26. The molecule has 7 heteroatoms. The highest BCUT2D eigenvalue weighted by Gasteiger charge is 2.51. The summed E-state index contributed by atoms with van der Waals surface area (Å²) in [5.41, 5.74) is 1.70. The minimum Gasteiger partial charge on any atom is -0.456 e. The first-order valence-corrected chi connectivity index (χ1v) is 13.5. The van der Waals surface area contributed by atoms with Crippen molar-refractivity contribution in [1.29, 1.82) is 0 Å². The number of carbonyl (C=O) groups is 1. The van der Waals surface area contributed by atoms with Gasteiger partial charge in [0.2, 0.25) is 0 Å². The van der Waals surface area contributed by atoms with Crippen LogP contribution in [-0.2, 0) is 14.3 Å². The van der Waals surface area contributed by atoms with Crippen LogP contribution in [0.4, 0.5) is 0 Å². The summed E-state index contributed by atoms with van der Waals surface area (Å²) < 4.78 is 11.9. The second-order valence-electron chi connectivity index (χ2n) is 10.8. The van der Waals surface area contributed by atoms with Crippen molar-refractivity contribution in [2.24, 2.45) is 11.8 Å². The molecule has 4 N–H and O–H groups in total. The standard InChI is InChI=1S/C31H46O7/c1-8-11-21(5)29-31(38-29)30-22(6)16-18(2)13-10-15-24(32)27(35)23(7)28(36)26(34)20(4)14-9-12-19(3)17-25(33)37-30/h9-10,12,15,17,21-22,24,26-32,34-36H,2,4,7-8,11,13-14,16H2,1,3,5-6H3/b12-9+,15-10+,19-17+/t21-,22-,24-,26-,27-,28-,29-,30+,31-/m0/s1. The molecule has 2 heterocycles. The van der Waals surface area contributed by atoms with Gasteiger partial charge in [-0.3, -0.25) is 0 Å². The molecule has 38 heavy (non-hydrogen) atoms. The average molecular weight is 531 g/mol. The molecule has 0 unspecified atom stereocenters. The minimum absolute atomic E-state index is 0.0474. The zero-order chi connectivity index (χ0) is 28.6. The lowest BCUT2D eigenvalue weighted by Crippen LogP contribution is -2.37. The lowest BCUT2D eigenvalue weighted by Gasteiger charge is -2.26. The fourth-order valence-corrected chi connectivity index (χ4v) is 4.86. The van der Waals surface area contributed by atoms with Crippen LogP contribution in [-0.4, -0.2) is 69.1 Å². The highest BCUT2D eigenvalue weighted by atomic mass is 16.6. The Morgan fingerprint density at radius 2 is 1.71 bits per heavy atom. The Balaban J connectivity index is 2.28. The van der Waals surface area contributed by atoms with E-state index in [9.17, 15) is 25.2 Å². The smallest absolute Gasteiger partial charge is 0.331 e. The lowest BCUT2D eigenvalue weighted by molar-refractivity contribution is -0.146. The summed E-state index contributed by atoms with van der Waals surface area (Å²) in [6.07, 6.45) is 5.05. The highest BCUT2D eigenvalue weighted by Crippen LogP contribution is 2.39. The van der Waals surface area contributed by atoms with Crippen molar-refractivity contribution in [3.63, 3.8) is 0 Å². The number of rotatable bonds is 4. The third kappa shape index (κ3) is 9.17. The quantitative estimate of drug-likeness (QED) is 0.245. The lowest BCUT2D eigenvalue weighted by atomic mass is 9.89. The van der Waals surface area contributed by atoms with Gasteiger partial charge in [0, 0.05) is 6.08 Å². The van der Waals surface area contributed by atoms with Gasteiger partial charge in [0.1, 0.15) is 36.6 Å². The summed E-state index contributed by atoms with van der Waals surface area (Å²) in [6, 6.07) is 0. The number of aliphatic hydroxyl groups is 4. The summed E-state index contributed by atoms with van der Waals surface area (Å²) in [5.74, 6) is -0.134. The monoisotopic (exact) mass is 530 g/mol. The molecule has 0 aromatic heterocycles. The largest absolute Gasteiger partial charge is 0.456 e. The van der Waals surface area contributed by atoms with Gasteiger partial charge in [-0.2, -0.15) is 0 Å². The molecule has 0 aromatic carbocycles. The van der Waals surface area contributed by atoms with Crippen molar-refractivity contribution in [2.45, 2.75) is 103 Å².